The minimum absolute atomic E-state index is 0.181. The summed E-state index contributed by atoms with van der Waals surface area (Å²) >= 11 is -0.181. The normalized spacial score (nSPS) is 15.8. The predicted octanol–water partition coefficient (Wildman–Crippen LogP) is 3.58. The Labute approximate surface area is 163 Å². The van der Waals surface area contributed by atoms with Crippen LogP contribution in [-0.2, 0) is 10.8 Å². The summed E-state index contributed by atoms with van der Waals surface area (Å²) in [5.41, 5.74) is 1.93. The quantitative estimate of drug-likeness (QED) is 0.609. The van der Waals surface area contributed by atoms with Gasteiger partial charge in [0.2, 0.25) is 0 Å². The van der Waals surface area contributed by atoms with Gasteiger partial charge in [0.05, 0.1) is 0 Å². The standard InChI is InChI=1S/C22H22O2SSe/c1-17-13-15-19(16-14-17)25(24)22(2,26-20-11-7-4-8-12-20)21(23)18-9-5-3-6-10-18/h3-16,21,23H,1-2H3/t21?,22?,25-/m1/s1. The SMILES string of the molecule is Cc1ccc([S@@](=O)C(C)([Se]c2ccccc2)C(O)c2ccccc2)cc1. The third-order valence-electron chi connectivity index (χ3n) is 4.28. The molecule has 0 fully saturated rings. The number of rotatable bonds is 6. The van der Waals surface area contributed by atoms with Crippen molar-refractivity contribution in [1.82, 2.24) is 0 Å². The number of aliphatic hydroxyl groups excluding tert-OH is 1. The van der Waals surface area contributed by atoms with Crippen molar-refractivity contribution in [3.63, 3.8) is 0 Å². The van der Waals surface area contributed by atoms with Gasteiger partial charge in [0.1, 0.15) is 0 Å². The second kappa shape index (κ2) is 8.32. The molecule has 3 aromatic rings. The van der Waals surface area contributed by atoms with Gasteiger partial charge in [0.15, 0.2) is 0 Å². The summed E-state index contributed by atoms with van der Waals surface area (Å²) in [6.45, 7) is 3.95. The Kier molecular flexibility index (Phi) is 6.10. The molecule has 0 heterocycles. The topological polar surface area (TPSA) is 37.3 Å². The van der Waals surface area contributed by atoms with Crippen LogP contribution >= 0.6 is 0 Å². The molecule has 0 spiro atoms. The zero-order valence-corrected chi connectivity index (χ0v) is 17.4. The molecular formula is C22H22O2SSe. The molecule has 4 heteroatoms. The molecule has 134 valence electrons. The van der Waals surface area contributed by atoms with Gasteiger partial charge >= 0.3 is 164 Å². The van der Waals surface area contributed by atoms with Crippen LogP contribution in [0.2, 0.25) is 0 Å². The second-order valence-electron chi connectivity index (χ2n) is 6.33. The Balaban J connectivity index is 2.03. The van der Waals surface area contributed by atoms with E-state index in [1.165, 1.54) is 0 Å². The van der Waals surface area contributed by atoms with E-state index in [1.807, 2.05) is 98.8 Å². The van der Waals surface area contributed by atoms with E-state index < -0.39 is 20.5 Å². The molecule has 0 aromatic heterocycles. The number of hydrogen-bond donors (Lipinski definition) is 1. The maximum absolute atomic E-state index is 13.6. The molecule has 2 unspecified atom stereocenters. The molecule has 0 saturated heterocycles. The number of aryl methyl sites for hydroxylation is 1. The third kappa shape index (κ3) is 4.16. The first-order valence-corrected chi connectivity index (χ1v) is 11.3. The molecule has 0 aliphatic heterocycles. The summed E-state index contributed by atoms with van der Waals surface area (Å²) in [6, 6.07) is 27.3. The Morgan fingerprint density at radius 3 is 2.00 bits per heavy atom. The van der Waals surface area contributed by atoms with Crippen molar-refractivity contribution in [2.45, 2.75) is 28.5 Å². The van der Waals surface area contributed by atoms with Crippen LogP contribution in [0.3, 0.4) is 0 Å². The van der Waals surface area contributed by atoms with E-state index >= 15 is 0 Å². The van der Waals surface area contributed by atoms with E-state index in [0.717, 1.165) is 20.5 Å². The molecule has 1 N–H and O–H groups in total. The molecule has 0 saturated carbocycles. The van der Waals surface area contributed by atoms with E-state index in [1.54, 1.807) is 0 Å². The van der Waals surface area contributed by atoms with Crippen LogP contribution in [0.1, 0.15) is 24.2 Å². The average molecular weight is 429 g/mol. The van der Waals surface area contributed by atoms with Crippen LogP contribution in [0.5, 0.6) is 0 Å². The molecule has 0 radical (unpaired) electrons. The van der Waals surface area contributed by atoms with Crippen LogP contribution in [0, 0.1) is 6.92 Å². The Bertz CT molecular complexity index is 866. The first-order valence-electron chi connectivity index (χ1n) is 8.46. The Hall–Kier alpha value is -1.71. The zero-order chi connectivity index (χ0) is 18.6. The van der Waals surface area contributed by atoms with E-state index in [-0.39, 0.29) is 15.0 Å². The fraction of sp³-hybridized carbons (Fsp3) is 0.182. The molecule has 3 rings (SSSR count). The van der Waals surface area contributed by atoms with Crippen molar-refractivity contribution < 1.29 is 9.32 Å². The van der Waals surface area contributed by atoms with Crippen molar-refractivity contribution in [3.05, 3.63) is 96.1 Å². The molecular weight excluding hydrogens is 407 g/mol. The predicted molar refractivity (Wildman–Crippen MR) is 109 cm³/mol. The van der Waals surface area contributed by atoms with Crippen molar-refractivity contribution >= 4 is 30.2 Å². The van der Waals surface area contributed by atoms with Gasteiger partial charge in [-0.25, -0.2) is 0 Å². The number of aliphatic hydroxyl groups is 1. The summed E-state index contributed by atoms with van der Waals surface area (Å²) in [5, 5.41) is 11.2. The van der Waals surface area contributed by atoms with Crippen LogP contribution in [-0.4, -0.2) is 27.9 Å². The Morgan fingerprint density at radius 1 is 0.885 bits per heavy atom. The summed E-state index contributed by atoms with van der Waals surface area (Å²) in [6.07, 6.45) is -0.814. The molecule has 2 nitrogen and oxygen atoms in total. The molecule has 0 amide bonds. The van der Waals surface area contributed by atoms with Gasteiger partial charge in [-0.1, -0.05) is 0 Å². The van der Waals surface area contributed by atoms with Gasteiger partial charge in [-0.15, -0.1) is 0 Å². The molecule has 0 aliphatic carbocycles. The van der Waals surface area contributed by atoms with Crippen LogP contribution in [0.25, 0.3) is 0 Å². The molecule has 3 atom stereocenters. The van der Waals surface area contributed by atoms with E-state index in [0.29, 0.717) is 0 Å². The maximum atomic E-state index is 13.6. The van der Waals surface area contributed by atoms with Crippen molar-refractivity contribution in [3.8, 4) is 0 Å². The Morgan fingerprint density at radius 2 is 1.42 bits per heavy atom. The van der Waals surface area contributed by atoms with E-state index in [2.05, 4.69) is 0 Å². The van der Waals surface area contributed by atoms with Gasteiger partial charge in [-0.2, -0.15) is 0 Å². The zero-order valence-electron chi connectivity index (χ0n) is 14.8. The first-order chi connectivity index (χ1) is 12.5. The van der Waals surface area contributed by atoms with Gasteiger partial charge in [-0.05, 0) is 0 Å². The van der Waals surface area contributed by atoms with Gasteiger partial charge < -0.3 is 0 Å². The van der Waals surface area contributed by atoms with Crippen LogP contribution in [0.15, 0.2) is 89.8 Å². The monoisotopic (exact) mass is 430 g/mol. The minimum atomic E-state index is -1.35. The summed E-state index contributed by atoms with van der Waals surface area (Å²) in [4.78, 5) is 0.755. The van der Waals surface area contributed by atoms with Crippen molar-refractivity contribution in [2.24, 2.45) is 0 Å². The van der Waals surface area contributed by atoms with Crippen molar-refractivity contribution in [1.29, 1.82) is 0 Å². The summed E-state index contributed by atoms with van der Waals surface area (Å²) < 4.78 is 13.9. The number of hydrogen-bond acceptors (Lipinski definition) is 2. The summed E-state index contributed by atoms with van der Waals surface area (Å²) in [5.74, 6) is 0. The van der Waals surface area contributed by atoms with E-state index in [4.69, 9.17) is 0 Å². The van der Waals surface area contributed by atoms with Crippen LogP contribution in [0.4, 0.5) is 0 Å². The third-order valence-corrected chi connectivity index (χ3v) is 9.71. The van der Waals surface area contributed by atoms with E-state index in [9.17, 15) is 9.32 Å². The fourth-order valence-corrected chi connectivity index (χ4v) is 7.72. The van der Waals surface area contributed by atoms with Crippen LogP contribution < -0.4 is 4.46 Å². The fourth-order valence-electron chi connectivity index (χ4n) is 2.75. The van der Waals surface area contributed by atoms with Gasteiger partial charge in [0, 0.05) is 0 Å². The molecule has 26 heavy (non-hydrogen) atoms. The first kappa shape index (κ1) is 19.1. The van der Waals surface area contributed by atoms with Gasteiger partial charge in [-0.3, -0.25) is 0 Å². The number of benzene rings is 3. The van der Waals surface area contributed by atoms with Gasteiger partial charge in [0.25, 0.3) is 0 Å². The second-order valence-corrected chi connectivity index (χ2v) is 12.0. The molecule has 0 aliphatic rings. The molecule has 0 bridgehead atoms. The average Bonchev–Trinajstić information content (AvgIpc) is 2.69. The van der Waals surface area contributed by atoms with Crippen molar-refractivity contribution in [2.75, 3.05) is 0 Å². The molecule has 3 aromatic carbocycles. The summed E-state index contributed by atoms with van der Waals surface area (Å²) in [7, 11) is -1.35.